The van der Waals surface area contributed by atoms with E-state index in [1.54, 1.807) is 4.90 Å². The molecular formula is C34H55N3O4. The van der Waals surface area contributed by atoms with Crippen LogP contribution in [0.15, 0.2) is 28.3 Å². The summed E-state index contributed by atoms with van der Waals surface area (Å²) in [4.78, 5) is 33.5. The predicted octanol–water partition coefficient (Wildman–Crippen LogP) is 7.78. The number of oxime groups is 1. The summed E-state index contributed by atoms with van der Waals surface area (Å²) in [5, 5.41) is 13.5. The molecule has 0 saturated heterocycles. The van der Waals surface area contributed by atoms with Gasteiger partial charge in [0.25, 0.3) is 5.91 Å². The van der Waals surface area contributed by atoms with Crippen LogP contribution in [-0.4, -0.2) is 59.1 Å². The van der Waals surface area contributed by atoms with E-state index in [0.717, 1.165) is 56.1 Å². The number of hydrogen-bond donors (Lipinski definition) is 1. The molecule has 230 valence electrons. The molecule has 1 amide bonds. The summed E-state index contributed by atoms with van der Waals surface area (Å²) >= 11 is 0. The number of carbonyl (C=O) groups excluding carboxylic acids is 2. The standard InChI is InChI=1S/C34H55N3O4/c1-7-12-13-14-15-16-17-18-22-28(32(38)37(10-4)11-5)41-33(39)31(36-40)30-27-21-19-20-26(6)29(27)34(23-8-2,24-9-3)25-35-30/h19-21,28,40H,7-18,22-25H2,1-6H3/b36-31+. The Bertz CT molecular complexity index is 1020. The number of nitrogens with zero attached hydrogens (tertiary/aromatic N) is 3. The zero-order chi connectivity index (χ0) is 30.3. The third kappa shape index (κ3) is 9.14. The maximum absolute atomic E-state index is 13.6. The fourth-order valence-electron chi connectivity index (χ4n) is 6.46. The van der Waals surface area contributed by atoms with Crippen molar-refractivity contribution < 1.29 is 19.5 Å². The van der Waals surface area contributed by atoms with Crippen LogP contribution < -0.4 is 0 Å². The van der Waals surface area contributed by atoms with E-state index in [1.807, 2.05) is 26.0 Å². The number of esters is 1. The van der Waals surface area contributed by atoms with Gasteiger partial charge in [-0.05, 0) is 57.6 Å². The first-order chi connectivity index (χ1) is 19.8. The fourth-order valence-corrected chi connectivity index (χ4v) is 6.46. The first-order valence-electron chi connectivity index (χ1n) is 16.2. The molecule has 0 fully saturated rings. The monoisotopic (exact) mass is 569 g/mol. The summed E-state index contributed by atoms with van der Waals surface area (Å²) in [6.45, 7) is 14.1. The number of likely N-dealkylation sites (N-methyl/N-ethyl adjacent to an activating group) is 1. The molecule has 41 heavy (non-hydrogen) atoms. The Morgan fingerprint density at radius 1 is 0.951 bits per heavy atom. The summed E-state index contributed by atoms with van der Waals surface area (Å²) in [6, 6.07) is 6.00. The molecule has 0 spiro atoms. The molecule has 1 N–H and O–H groups in total. The van der Waals surface area contributed by atoms with Crippen molar-refractivity contribution in [1.29, 1.82) is 0 Å². The van der Waals surface area contributed by atoms with Gasteiger partial charge in [0.1, 0.15) is 5.71 Å². The Labute approximate surface area is 248 Å². The van der Waals surface area contributed by atoms with Gasteiger partial charge < -0.3 is 14.8 Å². The van der Waals surface area contributed by atoms with Crippen molar-refractivity contribution in [1.82, 2.24) is 4.90 Å². The van der Waals surface area contributed by atoms with Crippen molar-refractivity contribution in [3.63, 3.8) is 0 Å². The molecule has 0 aliphatic carbocycles. The second-order valence-electron chi connectivity index (χ2n) is 11.6. The van der Waals surface area contributed by atoms with Crippen LogP contribution in [0.1, 0.15) is 135 Å². The van der Waals surface area contributed by atoms with E-state index >= 15 is 0 Å². The topological polar surface area (TPSA) is 91.6 Å². The molecular weight excluding hydrogens is 514 g/mol. The minimum Gasteiger partial charge on any atom is -0.447 e. The van der Waals surface area contributed by atoms with Crippen molar-refractivity contribution in [3.8, 4) is 0 Å². The number of amides is 1. The zero-order valence-electron chi connectivity index (χ0n) is 26.6. The largest absolute Gasteiger partial charge is 0.447 e. The van der Waals surface area contributed by atoms with Gasteiger partial charge in [0.15, 0.2) is 6.10 Å². The molecule has 7 nitrogen and oxygen atoms in total. The maximum atomic E-state index is 13.6. The average Bonchev–Trinajstić information content (AvgIpc) is 2.96. The Morgan fingerprint density at radius 3 is 2.12 bits per heavy atom. The van der Waals surface area contributed by atoms with E-state index in [2.05, 4.69) is 38.9 Å². The lowest BCUT2D eigenvalue weighted by Gasteiger charge is -2.39. The highest BCUT2D eigenvalue weighted by Crippen LogP contribution is 2.41. The van der Waals surface area contributed by atoms with Crippen molar-refractivity contribution >= 4 is 23.3 Å². The third-order valence-electron chi connectivity index (χ3n) is 8.49. The summed E-state index contributed by atoms with van der Waals surface area (Å²) in [5.41, 5.74) is 3.14. The molecule has 1 aromatic carbocycles. The molecule has 1 aromatic rings. The third-order valence-corrected chi connectivity index (χ3v) is 8.49. The smallest absolute Gasteiger partial charge is 0.363 e. The molecule has 1 aliphatic heterocycles. The first-order valence-corrected chi connectivity index (χ1v) is 16.2. The molecule has 2 rings (SSSR count). The van der Waals surface area contributed by atoms with Crippen LogP contribution in [-0.2, 0) is 19.7 Å². The van der Waals surface area contributed by atoms with Gasteiger partial charge in [0, 0.05) is 30.6 Å². The quantitative estimate of drug-likeness (QED) is 0.0605. The Hall–Kier alpha value is -2.70. The molecule has 0 bridgehead atoms. The van der Waals surface area contributed by atoms with Crippen LogP contribution in [0.3, 0.4) is 0 Å². The minimum absolute atomic E-state index is 0.115. The minimum atomic E-state index is -0.917. The second-order valence-corrected chi connectivity index (χ2v) is 11.6. The van der Waals surface area contributed by atoms with E-state index in [9.17, 15) is 14.8 Å². The SMILES string of the molecule is CCCCCCCCCCC(OC(=O)/C(=N/O)C1=NCC(CCC)(CCC)c2c(C)cccc21)C(=O)N(CC)CC. The van der Waals surface area contributed by atoms with Crippen LogP contribution in [0.2, 0.25) is 0 Å². The van der Waals surface area contributed by atoms with Gasteiger partial charge >= 0.3 is 5.97 Å². The van der Waals surface area contributed by atoms with Crippen LogP contribution in [0.4, 0.5) is 0 Å². The van der Waals surface area contributed by atoms with Gasteiger partial charge in [-0.25, -0.2) is 4.79 Å². The van der Waals surface area contributed by atoms with Gasteiger partial charge in [-0.1, -0.05) is 102 Å². The van der Waals surface area contributed by atoms with Gasteiger partial charge in [-0.15, -0.1) is 0 Å². The highest BCUT2D eigenvalue weighted by molar-refractivity contribution is 6.69. The lowest BCUT2D eigenvalue weighted by molar-refractivity contribution is -0.155. The number of carbonyl (C=O) groups is 2. The number of ether oxygens (including phenoxy) is 1. The Morgan fingerprint density at radius 2 is 1.56 bits per heavy atom. The number of rotatable bonds is 19. The van der Waals surface area contributed by atoms with Crippen LogP contribution in [0.5, 0.6) is 0 Å². The van der Waals surface area contributed by atoms with Gasteiger partial charge in [-0.2, -0.15) is 0 Å². The van der Waals surface area contributed by atoms with Crippen LogP contribution in [0, 0.1) is 6.92 Å². The van der Waals surface area contributed by atoms with E-state index in [-0.39, 0.29) is 17.0 Å². The summed E-state index contributed by atoms with van der Waals surface area (Å²) < 4.78 is 5.85. The van der Waals surface area contributed by atoms with Crippen molar-refractivity contribution in [2.24, 2.45) is 10.1 Å². The molecule has 1 unspecified atom stereocenters. The molecule has 0 aromatic heterocycles. The van der Waals surface area contributed by atoms with E-state index < -0.39 is 12.1 Å². The van der Waals surface area contributed by atoms with Crippen LogP contribution >= 0.6 is 0 Å². The zero-order valence-corrected chi connectivity index (χ0v) is 26.6. The highest BCUT2D eigenvalue weighted by Gasteiger charge is 2.40. The number of aryl methyl sites for hydroxylation is 1. The predicted molar refractivity (Wildman–Crippen MR) is 168 cm³/mol. The number of aliphatic imine (C=N–C) groups is 1. The molecule has 0 radical (unpaired) electrons. The van der Waals surface area contributed by atoms with Crippen molar-refractivity contribution in [2.75, 3.05) is 19.6 Å². The molecule has 1 aliphatic rings. The van der Waals surface area contributed by atoms with Gasteiger partial charge in [0.05, 0.1) is 0 Å². The van der Waals surface area contributed by atoms with Gasteiger partial charge in [-0.3, -0.25) is 9.79 Å². The van der Waals surface area contributed by atoms with E-state index in [1.165, 1.54) is 37.7 Å². The summed E-state index contributed by atoms with van der Waals surface area (Å²) in [7, 11) is 0. The molecule has 1 atom stereocenters. The molecule has 0 saturated carbocycles. The molecule has 7 heteroatoms. The lowest BCUT2D eigenvalue weighted by Crippen LogP contribution is -2.44. The van der Waals surface area contributed by atoms with Crippen molar-refractivity contribution in [2.45, 2.75) is 137 Å². The molecule has 1 heterocycles. The van der Waals surface area contributed by atoms with Crippen molar-refractivity contribution in [3.05, 3.63) is 34.9 Å². The van der Waals surface area contributed by atoms with Gasteiger partial charge in [0.2, 0.25) is 5.71 Å². The number of fused-ring (bicyclic) bond motifs is 1. The first kappa shape index (κ1) is 34.5. The number of unbranched alkanes of at least 4 members (excludes halogenated alkanes) is 7. The number of hydrogen-bond acceptors (Lipinski definition) is 6. The fraction of sp³-hybridized carbons (Fsp3) is 0.706. The summed E-state index contributed by atoms with van der Waals surface area (Å²) in [6.07, 6.45) is 12.7. The summed E-state index contributed by atoms with van der Waals surface area (Å²) in [5.74, 6) is -1.00. The lowest BCUT2D eigenvalue weighted by atomic mass is 9.68. The highest BCUT2D eigenvalue weighted by atomic mass is 16.6. The Kier molecular flexibility index (Phi) is 15.1. The maximum Gasteiger partial charge on any atom is 0.363 e. The number of benzene rings is 1. The van der Waals surface area contributed by atoms with E-state index in [0.29, 0.717) is 31.8 Å². The second kappa shape index (κ2) is 18.0. The average molecular weight is 570 g/mol. The Balaban J connectivity index is 2.27. The normalized spacial score (nSPS) is 15.2. The van der Waals surface area contributed by atoms with E-state index in [4.69, 9.17) is 9.73 Å². The van der Waals surface area contributed by atoms with Crippen LogP contribution in [0.25, 0.3) is 0 Å².